The summed E-state index contributed by atoms with van der Waals surface area (Å²) in [5.74, 6) is 2.79. The first-order valence-electron chi connectivity index (χ1n) is 11.8. The molecule has 3 aromatic heterocycles. The lowest BCUT2D eigenvalue weighted by molar-refractivity contribution is 0.0981. The first-order valence-corrected chi connectivity index (χ1v) is 11.8. The molecular formula is C26H26N8O2. The molecule has 0 saturated carbocycles. The molecule has 5 aromatic rings. The zero-order chi connectivity index (χ0) is 24.6. The highest BCUT2D eigenvalue weighted by Gasteiger charge is 2.22. The van der Waals surface area contributed by atoms with Gasteiger partial charge in [-0.2, -0.15) is 0 Å². The Hall–Kier alpha value is -4.31. The number of rotatable bonds is 5. The van der Waals surface area contributed by atoms with E-state index in [-0.39, 0.29) is 6.04 Å². The maximum atomic E-state index is 6.16. The van der Waals surface area contributed by atoms with Gasteiger partial charge < -0.3 is 24.3 Å². The molecule has 0 bridgehead atoms. The van der Waals surface area contributed by atoms with Crippen LogP contribution in [0, 0.1) is 6.92 Å². The second kappa shape index (κ2) is 9.04. The lowest BCUT2D eigenvalue weighted by Gasteiger charge is -2.33. The number of benzene rings is 2. The molecule has 1 saturated heterocycles. The van der Waals surface area contributed by atoms with Crippen LogP contribution in [0.5, 0.6) is 11.5 Å². The number of anilines is 3. The van der Waals surface area contributed by atoms with Crippen molar-refractivity contribution in [1.82, 2.24) is 29.5 Å². The molecule has 10 nitrogen and oxygen atoms in total. The number of nitrogens with one attached hydrogen (secondary N) is 1. The van der Waals surface area contributed by atoms with Crippen molar-refractivity contribution in [3.8, 4) is 11.5 Å². The minimum absolute atomic E-state index is 0.200. The first kappa shape index (κ1) is 22.2. The fourth-order valence-electron chi connectivity index (χ4n) is 4.38. The van der Waals surface area contributed by atoms with Gasteiger partial charge in [-0.05, 0) is 49.7 Å². The Morgan fingerprint density at radius 3 is 2.83 bits per heavy atom. The molecule has 36 heavy (non-hydrogen) atoms. The molecule has 4 heterocycles. The van der Waals surface area contributed by atoms with Crippen molar-refractivity contribution in [3.05, 3.63) is 60.8 Å². The first-order chi connectivity index (χ1) is 17.5. The molecule has 1 aliphatic rings. The predicted octanol–water partition coefficient (Wildman–Crippen LogP) is 4.38. The van der Waals surface area contributed by atoms with Crippen LogP contribution in [0.25, 0.3) is 22.1 Å². The maximum Gasteiger partial charge on any atom is 0.226 e. The van der Waals surface area contributed by atoms with E-state index in [1.54, 1.807) is 12.5 Å². The molecule has 1 atom stereocenters. The van der Waals surface area contributed by atoms with E-state index in [1.807, 2.05) is 54.9 Å². The summed E-state index contributed by atoms with van der Waals surface area (Å²) in [5.41, 5.74) is 5.17. The minimum Gasteiger partial charge on any atom is -0.457 e. The highest BCUT2D eigenvalue weighted by atomic mass is 16.5. The van der Waals surface area contributed by atoms with Gasteiger partial charge in [0.25, 0.3) is 0 Å². The van der Waals surface area contributed by atoms with E-state index in [1.165, 1.54) is 6.33 Å². The molecule has 1 unspecified atom stereocenters. The summed E-state index contributed by atoms with van der Waals surface area (Å²) in [6.07, 6.45) is 5.06. The molecular weight excluding hydrogens is 456 g/mol. The molecule has 0 radical (unpaired) electrons. The van der Waals surface area contributed by atoms with Gasteiger partial charge in [-0.3, -0.25) is 0 Å². The van der Waals surface area contributed by atoms with E-state index in [9.17, 15) is 0 Å². The molecule has 1 fully saturated rings. The van der Waals surface area contributed by atoms with E-state index in [4.69, 9.17) is 14.5 Å². The van der Waals surface area contributed by atoms with Crippen LogP contribution in [-0.2, 0) is 11.8 Å². The van der Waals surface area contributed by atoms with Crippen LogP contribution in [0.15, 0.2) is 55.2 Å². The largest absolute Gasteiger partial charge is 0.457 e. The number of morpholine rings is 1. The SMILES string of the molecule is Cc1cc(Nc2ncnc3cnc(N4CCOCC4C)nc23)ccc1Oc1ccc2c(c1)ncn2C. The van der Waals surface area contributed by atoms with Crippen molar-refractivity contribution in [2.24, 2.45) is 7.05 Å². The van der Waals surface area contributed by atoms with E-state index in [0.29, 0.717) is 36.0 Å². The van der Waals surface area contributed by atoms with Gasteiger partial charge in [0.15, 0.2) is 5.82 Å². The van der Waals surface area contributed by atoms with Crippen molar-refractivity contribution < 1.29 is 9.47 Å². The molecule has 10 heteroatoms. The zero-order valence-electron chi connectivity index (χ0n) is 20.3. The summed E-state index contributed by atoms with van der Waals surface area (Å²) in [4.78, 5) is 24.7. The van der Waals surface area contributed by atoms with Gasteiger partial charge in [-0.15, -0.1) is 0 Å². The third-order valence-electron chi connectivity index (χ3n) is 6.35. The Morgan fingerprint density at radius 1 is 1.06 bits per heavy atom. The van der Waals surface area contributed by atoms with Crippen LogP contribution in [0.3, 0.4) is 0 Å². The average molecular weight is 483 g/mol. The number of fused-ring (bicyclic) bond motifs is 2. The summed E-state index contributed by atoms with van der Waals surface area (Å²) in [7, 11) is 1.97. The third kappa shape index (κ3) is 4.16. The van der Waals surface area contributed by atoms with Crippen molar-refractivity contribution >= 4 is 39.5 Å². The summed E-state index contributed by atoms with van der Waals surface area (Å²) in [6, 6.07) is 12.0. The Kier molecular flexibility index (Phi) is 5.57. The van der Waals surface area contributed by atoms with E-state index in [0.717, 1.165) is 40.3 Å². The van der Waals surface area contributed by atoms with E-state index >= 15 is 0 Å². The molecule has 0 amide bonds. The van der Waals surface area contributed by atoms with Gasteiger partial charge >= 0.3 is 0 Å². The minimum atomic E-state index is 0.200. The zero-order valence-corrected chi connectivity index (χ0v) is 20.3. The van der Waals surface area contributed by atoms with Crippen molar-refractivity contribution in [3.63, 3.8) is 0 Å². The highest BCUT2D eigenvalue weighted by molar-refractivity contribution is 5.87. The molecule has 1 N–H and O–H groups in total. The van der Waals surface area contributed by atoms with Crippen LogP contribution in [0.1, 0.15) is 12.5 Å². The fourth-order valence-corrected chi connectivity index (χ4v) is 4.38. The van der Waals surface area contributed by atoms with Gasteiger partial charge in [0.05, 0.1) is 42.8 Å². The molecule has 182 valence electrons. The maximum absolute atomic E-state index is 6.16. The second-order valence-electron chi connectivity index (χ2n) is 8.96. The molecule has 6 rings (SSSR count). The van der Waals surface area contributed by atoms with Crippen LogP contribution in [-0.4, -0.2) is 55.3 Å². The third-order valence-corrected chi connectivity index (χ3v) is 6.35. The summed E-state index contributed by atoms with van der Waals surface area (Å²) in [5, 5.41) is 3.39. The topological polar surface area (TPSA) is 103 Å². The standard InChI is InChI=1S/C26H26N8O2/c1-16-10-18(4-7-23(16)36-19-5-6-22-20(11-19)30-15-33(22)3)31-25-24-21(28-14-29-25)12-27-26(32-24)34-8-9-35-13-17(34)2/h4-7,10-12,14-15,17H,8-9,13H2,1-3H3,(H,28,29,31). The number of hydrogen-bond acceptors (Lipinski definition) is 9. The number of nitrogens with zero attached hydrogens (tertiary/aromatic N) is 7. The van der Waals surface area contributed by atoms with Gasteiger partial charge in [0, 0.05) is 25.3 Å². The lowest BCUT2D eigenvalue weighted by Crippen LogP contribution is -2.44. The lowest BCUT2D eigenvalue weighted by atomic mass is 10.2. The van der Waals surface area contributed by atoms with Gasteiger partial charge in [0.1, 0.15) is 28.9 Å². The Bertz CT molecular complexity index is 1570. The number of hydrogen-bond donors (Lipinski definition) is 1. The molecule has 0 spiro atoms. The molecule has 1 aliphatic heterocycles. The Balaban J connectivity index is 1.25. The summed E-state index contributed by atoms with van der Waals surface area (Å²) >= 11 is 0. The number of aryl methyl sites for hydroxylation is 2. The highest BCUT2D eigenvalue weighted by Crippen LogP contribution is 2.31. The van der Waals surface area contributed by atoms with Crippen molar-refractivity contribution in [1.29, 1.82) is 0 Å². The predicted molar refractivity (Wildman–Crippen MR) is 138 cm³/mol. The average Bonchev–Trinajstić information content (AvgIpc) is 3.26. The smallest absolute Gasteiger partial charge is 0.226 e. The van der Waals surface area contributed by atoms with Gasteiger partial charge in [0.2, 0.25) is 5.95 Å². The second-order valence-corrected chi connectivity index (χ2v) is 8.96. The van der Waals surface area contributed by atoms with Crippen LogP contribution in [0.4, 0.5) is 17.5 Å². The fraction of sp³-hybridized carbons (Fsp3) is 0.269. The summed E-state index contributed by atoms with van der Waals surface area (Å²) in [6.45, 7) is 6.18. The number of imidazole rings is 1. The molecule has 2 aromatic carbocycles. The van der Waals surface area contributed by atoms with Gasteiger partial charge in [-0.1, -0.05) is 0 Å². The van der Waals surface area contributed by atoms with E-state index < -0.39 is 0 Å². The number of aromatic nitrogens is 6. The van der Waals surface area contributed by atoms with Gasteiger partial charge in [-0.25, -0.2) is 24.9 Å². The van der Waals surface area contributed by atoms with E-state index in [2.05, 4.69) is 37.1 Å². The monoisotopic (exact) mass is 482 g/mol. The number of ether oxygens (including phenoxy) is 2. The van der Waals surface area contributed by atoms with Crippen LogP contribution < -0.4 is 15.0 Å². The quantitative estimate of drug-likeness (QED) is 0.391. The molecule has 0 aliphatic carbocycles. The van der Waals surface area contributed by atoms with Crippen LogP contribution in [0.2, 0.25) is 0 Å². The van der Waals surface area contributed by atoms with Crippen LogP contribution >= 0.6 is 0 Å². The summed E-state index contributed by atoms with van der Waals surface area (Å²) < 4.78 is 13.7. The van der Waals surface area contributed by atoms with Crippen molar-refractivity contribution in [2.45, 2.75) is 19.9 Å². The normalized spacial score (nSPS) is 16.0. The Labute approximate surface area is 208 Å². The Morgan fingerprint density at radius 2 is 1.97 bits per heavy atom. The van der Waals surface area contributed by atoms with Crippen molar-refractivity contribution in [2.75, 3.05) is 30.0 Å².